The molecule has 0 bridgehead atoms. The van der Waals surface area contributed by atoms with Gasteiger partial charge in [0.25, 0.3) is 0 Å². The zero-order chi connectivity index (χ0) is 21.0. The van der Waals surface area contributed by atoms with E-state index in [0.29, 0.717) is 18.0 Å². The first-order chi connectivity index (χ1) is 13.9. The van der Waals surface area contributed by atoms with Crippen molar-refractivity contribution < 1.29 is 14.8 Å². The van der Waals surface area contributed by atoms with E-state index in [-0.39, 0.29) is 28.9 Å². The topological polar surface area (TPSA) is 114 Å². The Morgan fingerprint density at radius 2 is 1.79 bits per heavy atom. The Morgan fingerprint density at radius 3 is 2.38 bits per heavy atom. The molecule has 0 saturated carbocycles. The smallest absolute Gasteiger partial charge is 0.332 e. The highest BCUT2D eigenvalue weighted by molar-refractivity contribution is 5.70. The molecule has 0 unspecified atom stereocenters. The van der Waals surface area contributed by atoms with Crippen molar-refractivity contribution in [2.75, 3.05) is 23.9 Å². The quantitative estimate of drug-likeness (QED) is 0.449. The molecule has 0 fully saturated rings. The standard InChI is InChI=1S/C20H21N5O4/c1-4-29-17-11-5-14(6-12-17)22-19-18(25(27)28)13(2)21-20(23-19)24(3)15-7-9-16(26)10-8-15/h5-12,26H,4H2,1-3H3,(H,21,22,23). The SMILES string of the molecule is CCOc1ccc(Nc2nc(N(C)c3ccc(O)cc3)nc(C)c2[N+](=O)[O-])cc1. The third-order valence-corrected chi connectivity index (χ3v) is 4.19. The van der Waals surface area contributed by atoms with E-state index in [9.17, 15) is 15.2 Å². The molecule has 1 heterocycles. The highest BCUT2D eigenvalue weighted by atomic mass is 16.6. The van der Waals surface area contributed by atoms with E-state index in [1.54, 1.807) is 67.4 Å². The van der Waals surface area contributed by atoms with Crippen LogP contribution in [0.4, 0.5) is 28.8 Å². The molecule has 3 rings (SSSR count). The molecule has 9 heteroatoms. The molecule has 0 amide bonds. The second kappa shape index (κ2) is 8.42. The van der Waals surface area contributed by atoms with Crippen molar-refractivity contribution >= 4 is 28.8 Å². The summed E-state index contributed by atoms with van der Waals surface area (Å²) in [5.41, 5.74) is 1.40. The number of anilines is 4. The fourth-order valence-electron chi connectivity index (χ4n) is 2.74. The van der Waals surface area contributed by atoms with Crippen LogP contribution in [-0.4, -0.2) is 33.7 Å². The van der Waals surface area contributed by atoms with Crippen LogP contribution >= 0.6 is 0 Å². The molecule has 3 aromatic rings. The van der Waals surface area contributed by atoms with Gasteiger partial charge in [-0.15, -0.1) is 0 Å². The van der Waals surface area contributed by atoms with Crippen molar-refractivity contribution in [3.63, 3.8) is 0 Å². The van der Waals surface area contributed by atoms with Gasteiger partial charge in [-0.1, -0.05) is 0 Å². The Morgan fingerprint density at radius 1 is 1.14 bits per heavy atom. The summed E-state index contributed by atoms with van der Waals surface area (Å²) in [5, 5.41) is 24.1. The number of nitrogens with one attached hydrogen (secondary N) is 1. The fraction of sp³-hybridized carbons (Fsp3) is 0.200. The molecule has 0 aliphatic heterocycles. The van der Waals surface area contributed by atoms with Gasteiger partial charge in [-0.25, -0.2) is 4.98 Å². The maximum atomic E-state index is 11.6. The van der Waals surface area contributed by atoms with Gasteiger partial charge < -0.3 is 20.1 Å². The third kappa shape index (κ3) is 4.52. The zero-order valence-corrected chi connectivity index (χ0v) is 16.3. The number of nitro groups is 1. The first-order valence-electron chi connectivity index (χ1n) is 8.94. The number of benzene rings is 2. The summed E-state index contributed by atoms with van der Waals surface area (Å²) in [5.74, 6) is 1.22. The Balaban J connectivity index is 1.97. The van der Waals surface area contributed by atoms with Crippen LogP contribution in [0, 0.1) is 17.0 Å². The Labute approximate surface area is 167 Å². The number of rotatable bonds is 7. The monoisotopic (exact) mass is 395 g/mol. The highest BCUT2D eigenvalue weighted by Crippen LogP contribution is 2.32. The number of nitrogens with zero attached hydrogens (tertiary/aromatic N) is 4. The van der Waals surface area contributed by atoms with E-state index in [4.69, 9.17) is 4.74 Å². The number of hydrogen-bond donors (Lipinski definition) is 2. The highest BCUT2D eigenvalue weighted by Gasteiger charge is 2.24. The van der Waals surface area contributed by atoms with Crippen molar-refractivity contribution in [2.24, 2.45) is 0 Å². The van der Waals surface area contributed by atoms with Crippen LogP contribution in [0.2, 0.25) is 0 Å². The normalized spacial score (nSPS) is 10.4. The number of aromatic nitrogens is 2. The molecular formula is C20H21N5O4. The van der Waals surface area contributed by atoms with Crippen molar-refractivity contribution in [1.82, 2.24) is 9.97 Å². The summed E-state index contributed by atoms with van der Waals surface area (Å²) in [7, 11) is 1.74. The molecule has 29 heavy (non-hydrogen) atoms. The second-order valence-corrected chi connectivity index (χ2v) is 6.22. The molecule has 0 spiro atoms. The number of phenolic OH excluding ortho intramolecular Hbond substituents is 1. The molecule has 0 saturated heterocycles. The number of aryl methyl sites for hydroxylation is 1. The minimum atomic E-state index is -0.503. The Bertz CT molecular complexity index is 1010. The van der Waals surface area contributed by atoms with Crippen LogP contribution < -0.4 is 15.0 Å². The molecule has 0 aliphatic rings. The van der Waals surface area contributed by atoms with Gasteiger partial charge in [-0.2, -0.15) is 4.98 Å². The van der Waals surface area contributed by atoms with Crippen molar-refractivity contribution in [3.8, 4) is 11.5 Å². The van der Waals surface area contributed by atoms with E-state index >= 15 is 0 Å². The van der Waals surface area contributed by atoms with E-state index in [2.05, 4.69) is 15.3 Å². The first-order valence-corrected chi connectivity index (χ1v) is 8.94. The number of hydrogen-bond acceptors (Lipinski definition) is 8. The largest absolute Gasteiger partial charge is 0.508 e. The summed E-state index contributed by atoms with van der Waals surface area (Å²) in [6.07, 6.45) is 0. The van der Waals surface area contributed by atoms with Crippen LogP contribution in [0.1, 0.15) is 12.6 Å². The predicted molar refractivity (Wildman–Crippen MR) is 110 cm³/mol. The lowest BCUT2D eigenvalue weighted by Crippen LogP contribution is -2.15. The lowest BCUT2D eigenvalue weighted by molar-refractivity contribution is -0.385. The van der Waals surface area contributed by atoms with Gasteiger partial charge >= 0.3 is 5.69 Å². The minimum Gasteiger partial charge on any atom is -0.508 e. The Kier molecular flexibility index (Phi) is 5.77. The van der Waals surface area contributed by atoms with E-state index in [1.165, 1.54) is 0 Å². The van der Waals surface area contributed by atoms with Crippen LogP contribution in [-0.2, 0) is 0 Å². The van der Waals surface area contributed by atoms with Crippen LogP contribution in [0.15, 0.2) is 48.5 Å². The average molecular weight is 395 g/mol. The summed E-state index contributed by atoms with van der Waals surface area (Å²) >= 11 is 0. The van der Waals surface area contributed by atoms with Gasteiger partial charge in [0.1, 0.15) is 17.2 Å². The molecule has 150 valence electrons. The number of aromatic hydroxyl groups is 1. The summed E-state index contributed by atoms with van der Waals surface area (Å²) in [4.78, 5) is 21.4. The lowest BCUT2D eigenvalue weighted by atomic mass is 10.2. The summed E-state index contributed by atoms with van der Waals surface area (Å²) in [6, 6.07) is 13.6. The van der Waals surface area contributed by atoms with Crippen molar-refractivity contribution in [1.29, 1.82) is 0 Å². The van der Waals surface area contributed by atoms with Gasteiger partial charge in [-0.3, -0.25) is 10.1 Å². The van der Waals surface area contributed by atoms with Gasteiger partial charge in [0.05, 0.1) is 11.5 Å². The Hall–Kier alpha value is -3.88. The maximum absolute atomic E-state index is 11.6. The van der Waals surface area contributed by atoms with Crippen molar-refractivity contribution in [3.05, 3.63) is 64.3 Å². The predicted octanol–water partition coefficient (Wildman–Crippen LogP) is 4.31. The zero-order valence-electron chi connectivity index (χ0n) is 16.3. The average Bonchev–Trinajstić information content (AvgIpc) is 2.69. The molecule has 2 N–H and O–H groups in total. The molecule has 0 atom stereocenters. The van der Waals surface area contributed by atoms with Crippen molar-refractivity contribution in [2.45, 2.75) is 13.8 Å². The molecule has 2 aromatic carbocycles. The molecule has 0 aliphatic carbocycles. The minimum absolute atomic E-state index is 0.0901. The number of ether oxygens (including phenoxy) is 1. The van der Waals surface area contributed by atoms with Gasteiger partial charge in [0.15, 0.2) is 0 Å². The van der Waals surface area contributed by atoms with Crippen LogP contribution in [0.25, 0.3) is 0 Å². The van der Waals surface area contributed by atoms with Gasteiger partial charge in [0, 0.05) is 18.4 Å². The maximum Gasteiger partial charge on any atom is 0.332 e. The van der Waals surface area contributed by atoms with Crippen LogP contribution in [0.3, 0.4) is 0 Å². The van der Waals surface area contributed by atoms with Crippen LogP contribution in [0.5, 0.6) is 11.5 Å². The molecular weight excluding hydrogens is 374 g/mol. The lowest BCUT2D eigenvalue weighted by Gasteiger charge is -2.19. The van der Waals surface area contributed by atoms with Gasteiger partial charge in [-0.05, 0) is 62.4 Å². The first kappa shape index (κ1) is 19.9. The van der Waals surface area contributed by atoms with E-state index in [0.717, 1.165) is 5.69 Å². The molecule has 1 aromatic heterocycles. The molecule has 0 radical (unpaired) electrons. The fourth-order valence-corrected chi connectivity index (χ4v) is 2.74. The number of phenols is 1. The summed E-state index contributed by atoms with van der Waals surface area (Å²) < 4.78 is 5.41. The summed E-state index contributed by atoms with van der Waals surface area (Å²) in [6.45, 7) is 4.01. The van der Waals surface area contributed by atoms with E-state index < -0.39 is 4.92 Å². The second-order valence-electron chi connectivity index (χ2n) is 6.22. The molecule has 9 nitrogen and oxygen atoms in total. The van der Waals surface area contributed by atoms with E-state index in [1.807, 2.05) is 6.92 Å². The van der Waals surface area contributed by atoms with Gasteiger partial charge in [0.2, 0.25) is 11.8 Å². The third-order valence-electron chi connectivity index (χ3n) is 4.19.